The Morgan fingerprint density at radius 1 is 1.56 bits per heavy atom. The van der Waals surface area contributed by atoms with Crippen molar-refractivity contribution >= 4 is 27.3 Å². The van der Waals surface area contributed by atoms with Crippen molar-refractivity contribution in [3.8, 4) is 0 Å². The van der Waals surface area contributed by atoms with Gasteiger partial charge in [-0.05, 0) is 48.1 Å². The molecule has 0 aliphatic heterocycles. The highest BCUT2D eigenvalue weighted by Crippen LogP contribution is 2.22. The van der Waals surface area contributed by atoms with Crippen LogP contribution in [0.4, 0.5) is 0 Å². The average molecular weight is 299 g/mol. The average Bonchev–Trinajstić information content (AvgIpc) is 2.87. The highest BCUT2D eigenvalue weighted by atomic mass is 79.9. The Balaban J connectivity index is 2.18. The lowest BCUT2D eigenvalue weighted by Gasteiger charge is -2.14. The zero-order chi connectivity index (χ0) is 11.5. The second-order valence-corrected chi connectivity index (χ2v) is 5.71. The van der Waals surface area contributed by atoms with Crippen LogP contribution in [0.25, 0.3) is 0 Å². The lowest BCUT2D eigenvalue weighted by atomic mass is 10.2. The fraction of sp³-hybridized carbons (Fsp3) is 0.333. The van der Waals surface area contributed by atoms with E-state index in [9.17, 15) is 0 Å². The summed E-state index contributed by atoms with van der Waals surface area (Å²) in [5.41, 5.74) is 1.33. The minimum Gasteiger partial charge on any atom is -0.345 e. The third-order valence-corrected chi connectivity index (χ3v) is 4.37. The van der Waals surface area contributed by atoms with E-state index in [4.69, 9.17) is 0 Å². The first-order valence-electron chi connectivity index (χ1n) is 5.26. The zero-order valence-electron chi connectivity index (χ0n) is 9.40. The smallest absolute Gasteiger partial charge is 0.0567 e. The Morgan fingerprint density at radius 2 is 2.38 bits per heavy atom. The number of halogens is 1. The van der Waals surface area contributed by atoms with Gasteiger partial charge in [-0.1, -0.05) is 0 Å². The van der Waals surface area contributed by atoms with E-state index < -0.39 is 0 Å². The number of hydrogen-bond acceptors (Lipinski definition) is 2. The summed E-state index contributed by atoms with van der Waals surface area (Å²) in [4.78, 5) is 1.37. The minimum atomic E-state index is 0.387. The molecule has 4 heteroatoms. The lowest BCUT2D eigenvalue weighted by Crippen LogP contribution is -2.16. The number of hydrogen-bond donors (Lipinski definition) is 1. The molecule has 1 atom stereocenters. The minimum absolute atomic E-state index is 0.387. The molecule has 0 saturated carbocycles. The molecule has 0 aromatic carbocycles. The molecule has 2 rings (SSSR count). The predicted octanol–water partition coefficient (Wildman–Crippen LogP) is 3.64. The lowest BCUT2D eigenvalue weighted by molar-refractivity contribution is 0.591. The number of rotatable bonds is 4. The maximum absolute atomic E-state index is 3.49. The van der Waals surface area contributed by atoms with Crippen molar-refractivity contribution < 1.29 is 0 Å². The third kappa shape index (κ3) is 2.56. The van der Waals surface area contributed by atoms with Crippen molar-refractivity contribution in [1.82, 2.24) is 9.88 Å². The number of aromatic nitrogens is 1. The molecule has 2 aromatic rings. The van der Waals surface area contributed by atoms with Crippen molar-refractivity contribution in [2.24, 2.45) is 0 Å². The summed E-state index contributed by atoms with van der Waals surface area (Å²) in [5, 5.41) is 5.40. The molecule has 0 amide bonds. The topological polar surface area (TPSA) is 17.0 Å². The van der Waals surface area contributed by atoms with Crippen molar-refractivity contribution in [3.63, 3.8) is 0 Å². The molecule has 0 spiro atoms. The molecule has 0 fully saturated rings. The first kappa shape index (κ1) is 11.9. The monoisotopic (exact) mass is 298 g/mol. The van der Waals surface area contributed by atoms with E-state index >= 15 is 0 Å². The van der Waals surface area contributed by atoms with Crippen molar-refractivity contribution in [1.29, 1.82) is 0 Å². The van der Waals surface area contributed by atoms with Crippen LogP contribution in [-0.2, 0) is 6.54 Å². The second-order valence-electron chi connectivity index (χ2n) is 3.80. The number of thiophene rings is 1. The van der Waals surface area contributed by atoms with Crippen molar-refractivity contribution in [3.05, 3.63) is 44.8 Å². The van der Waals surface area contributed by atoms with Crippen LogP contribution in [0.5, 0.6) is 0 Å². The van der Waals surface area contributed by atoms with E-state index in [1.54, 1.807) is 11.3 Å². The van der Waals surface area contributed by atoms with Crippen molar-refractivity contribution in [2.45, 2.75) is 19.5 Å². The van der Waals surface area contributed by atoms with Gasteiger partial charge in [0.25, 0.3) is 0 Å². The molecule has 1 unspecified atom stereocenters. The fourth-order valence-corrected chi connectivity index (χ4v) is 3.17. The fourth-order valence-electron chi connectivity index (χ4n) is 1.72. The van der Waals surface area contributed by atoms with Crippen LogP contribution in [0.1, 0.15) is 23.5 Å². The van der Waals surface area contributed by atoms with Gasteiger partial charge in [-0.15, -0.1) is 11.3 Å². The Hall–Kier alpha value is -0.580. The molecule has 2 nitrogen and oxygen atoms in total. The molecule has 2 aromatic heterocycles. The molecule has 0 saturated heterocycles. The molecule has 16 heavy (non-hydrogen) atoms. The van der Waals surface area contributed by atoms with Gasteiger partial charge in [-0.3, -0.25) is 0 Å². The van der Waals surface area contributed by atoms with Gasteiger partial charge < -0.3 is 9.88 Å². The Morgan fingerprint density at radius 3 is 3.00 bits per heavy atom. The summed E-state index contributed by atoms with van der Waals surface area (Å²) in [7, 11) is 1.99. The Labute approximate surface area is 108 Å². The summed E-state index contributed by atoms with van der Waals surface area (Å²) in [5.74, 6) is 0. The van der Waals surface area contributed by atoms with Gasteiger partial charge in [0.1, 0.15) is 0 Å². The van der Waals surface area contributed by atoms with E-state index in [0.29, 0.717) is 6.04 Å². The normalized spacial score (nSPS) is 12.9. The van der Waals surface area contributed by atoms with Crippen LogP contribution in [0.2, 0.25) is 0 Å². The summed E-state index contributed by atoms with van der Waals surface area (Å²) in [6, 6.07) is 6.84. The molecule has 2 heterocycles. The third-order valence-electron chi connectivity index (χ3n) is 2.69. The van der Waals surface area contributed by atoms with E-state index in [0.717, 1.165) is 6.54 Å². The zero-order valence-corrected chi connectivity index (χ0v) is 11.8. The summed E-state index contributed by atoms with van der Waals surface area (Å²) in [6.07, 6.45) is 2.14. The van der Waals surface area contributed by atoms with Gasteiger partial charge in [-0.25, -0.2) is 0 Å². The summed E-state index contributed by atoms with van der Waals surface area (Å²) in [6.45, 7) is 3.13. The van der Waals surface area contributed by atoms with E-state index in [2.05, 4.69) is 62.5 Å². The maximum atomic E-state index is 3.49. The van der Waals surface area contributed by atoms with Gasteiger partial charge in [0, 0.05) is 32.7 Å². The molecule has 0 radical (unpaired) electrons. The van der Waals surface area contributed by atoms with Gasteiger partial charge in [0.15, 0.2) is 0 Å². The molecule has 0 bridgehead atoms. The standard InChI is InChI=1S/C12H15BrN2S/c1-9(14-2)12-4-3-5-15(12)7-11-6-10(13)8-16-11/h3-6,8-9,14H,7H2,1-2H3. The van der Waals surface area contributed by atoms with Crippen LogP contribution >= 0.6 is 27.3 Å². The predicted molar refractivity (Wildman–Crippen MR) is 73.0 cm³/mol. The van der Waals surface area contributed by atoms with Crippen molar-refractivity contribution in [2.75, 3.05) is 7.05 Å². The van der Waals surface area contributed by atoms with Crippen LogP contribution in [0, 0.1) is 0 Å². The highest BCUT2D eigenvalue weighted by Gasteiger charge is 2.08. The van der Waals surface area contributed by atoms with Crippen LogP contribution in [0.15, 0.2) is 34.2 Å². The quantitative estimate of drug-likeness (QED) is 0.912. The Kier molecular flexibility index (Phi) is 3.84. The molecular weight excluding hydrogens is 284 g/mol. The van der Waals surface area contributed by atoms with Gasteiger partial charge in [0.05, 0.1) is 6.54 Å². The van der Waals surface area contributed by atoms with E-state index in [-0.39, 0.29) is 0 Å². The summed E-state index contributed by atoms with van der Waals surface area (Å²) < 4.78 is 3.46. The van der Waals surface area contributed by atoms with E-state index in [1.807, 2.05) is 7.05 Å². The van der Waals surface area contributed by atoms with Crippen LogP contribution < -0.4 is 5.32 Å². The largest absolute Gasteiger partial charge is 0.345 e. The SMILES string of the molecule is CNC(C)c1cccn1Cc1cc(Br)cs1. The first-order chi connectivity index (χ1) is 7.70. The molecule has 0 aliphatic rings. The van der Waals surface area contributed by atoms with Crippen LogP contribution in [0.3, 0.4) is 0 Å². The van der Waals surface area contributed by atoms with Gasteiger partial charge in [0.2, 0.25) is 0 Å². The highest BCUT2D eigenvalue weighted by molar-refractivity contribution is 9.10. The second kappa shape index (κ2) is 5.17. The molecular formula is C12H15BrN2S. The molecule has 86 valence electrons. The van der Waals surface area contributed by atoms with E-state index in [1.165, 1.54) is 15.0 Å². The number of nitrogens with one attached hydrogen (secondary N) is 1. The molecule has 1 N–H and O–H groups in total. The van der Waals surface area contributed by atoms with Crippen LogP contribution in [-0.4, -0.2) is 11.6 Å². The molecule has 0 aliphatic carbocycles. The Bertz CT molecular complexity index is 461. The van der Waals surface area contributed by atoms with Gasteiger partial charge in [-0.2, -0.15) is 0 Å². The summed E-state index contributed by atoms with van der Waals surface area (Å²) >= 11 is 5.27. The van der Waals surface area contributed by atoms with Gasteiger partial charge >= 0.3 is 0 Å². The first-order valence-corrected chi connectivity index (χ1v) is 6.93. The number of nitrogens with zero attached hydrogens (tertiary/aromatic N) is 1. The maximum Gasteiger partial charge on any atom is 0.0567 e.